The Morgan fingerprint density at radius 2 is 1.90 bits per heavy atom. The predicted molar refractivity (Wildman–Crippen MR) is 109 cm³/mol. The number of rotatable bonds is 4. The van der Waals surface area contributed by atoms with Crippen molar-refractivity contribution < 1.29 is 14.3 Å². The number of ether oxygens (including phenoxy) is 1. The number of fused-ring (bicyclic) bond motifs is 1. The number of nitrogen functional groups attached to an aromatic ring is 1. The zero-order valence-corrected chi connectivity index (χ0v) is 16.5. The van der Waals surface area contributed by atoms with Gasteiger partial charge in [0.05, 0.1) is 13.0 Å². The number of anilines is 2. The Morgan fingerprint density at radius 3 is 2.59 bits per heavy atom. The lowest BCUT2D eigenvalue weighted by atomic mass is 9.94. The number of hydrogen-bond acceptors (Lipinski definition) is 6. The molecule has 0 bridgehead atoms. The molecule has 2 amide bonds. The molecule has 1 atom stereocenters. The zero-order chi connectivity index (χ0) is 20.4. The molecule has 2 aromatic rings. The topological polar surface area (TPSA) is 102 Å². The smallest absolute Gasteiger partial charge is 0.415 e. The molecule has 0 radical (unpaired) electrons. The van der Waals surface area contributed by atoms with E-state index in [0.717, 1.165) is 31.5 Å². The third-order valence-corrected chi connectivity index (χ3v) is 5.43. The van der Waals surface area contributed by atoms with Gasteiger partial charge in [-0.25, -0.2) is 14.8 Å². The van der Waals surface area contributed by atoms with E-state index in [-0.39, 0.29) is 24.9 Å². The number of carbonyl (C=O) groups is 2. The van der Waals surface area contributed by atoms with Crippen LogP contribution in [0, 0.1) is 0 Å². The van der Waals surface area contributed by atoms with E-state index in [0.29, 0.717) is 29.6 Å². The zero-order valence-electron chi connectivity index (χ0n) is 16.5. The van der Waals surface area contributed by atoms with Crippen LogP contribution in [0.4, 0.5) is 16.4 Å². The van der Waals surface area contributed by atoms with Crippen molar-refractivity contribution in [3.05, 3.63) is 47.3 Å². The highest BCUT2D eigenvalue weighted by molar-refractivity contribution is 5.91. The van der Waals surface area contributed by atoms with Crippen molar-refractivity contribution in [1.29, 1.82) is 0 Å². The van der Waals surface area contributed by atoms with Crippen molar-refractivity contribution in [3.8, 4) is 0 Å². The van der Waals surface area contributed by atoms with Crippen molar-refractivity contribution in [2.45, 2.75) is 32.1 Å². The predicted octanol–water partition coefficient (Wildman–Crippen LogP) is 2.33. The first-order chi connectivity index (χ1) is 14.1. The molecule has 0 saturated carbocycles. The summed E-state index contributed by atoms with van der Waals surface area (Å²) in [5.74, 6) is 0.927. The van der Waals surface area contributed by atoms with Gasteiger partial charge in [0, 0.05) is 31.1 Å². The van der Waals surface area contributed by atoms with Crippen LogP contribution in [-0.2, 0) is 16.0 Å². The quantitative estimate of drug-likeness (QED) is 0.853. The minimum absolute atomic E-state index is 0.0119. The maximum Gasteiger partial charge on any atom is 0.415 e. The van der Waals surface area contributed by atoms with Gasteiger partial charge in [-0.3, -0.25) is 9.69 Å². The third-order valence-electron chi connectivity index (χ3n) is 5.43. The fourth-order valence-corrected chi connectivity index (χ4v) is 4.03. The van der Waals surface area contributed by atoms with E-state index >= 15 is 0 Å². The van der Waals surface area contributed by atoms with Crippen molar-refractivity contribution in [1.82, 2.24) is 14.9 Å². The lowest BCUT2D eigenvalue weighted by molar-refractivity contribution is -0.129. The number of benzene rings is 1. The van der Waals surface area contributed by atoms with Crippen LogP contribution in [0.15, 0.2) is 30.3 Å². The maximum atomic E-state index is 12.6. The summed E-state index contributed by atoms with van der Waals surface area (Å²) in [5.41, 5.74) is 8.05. The van der Waals surface area contributed by atoms with Gasteiger partial charge in [0.2, 0.25) is 5.91 Å². The summed E-state index contributed by atoms with van der Waals surface area (Å²) in [5, 5.41) is 0. The van der Waals surface area contributed by atoms with Crippen LogP contribution in [-0.4, -0.2) is 53.1 Å². The van der Waals surface area contributed by atoms with Gasteiger partial charge in [0.15, 0.2) is 0 Å². The van der Waals surface area contributed by atoms with Crippen LogP contribution < -0.4 is 10.6 Å². The second-order valence-electron chi connectivity index (χ2n) is 7.30. The molecule has 4 rings (SSSR count). The van der Waals surface area contributed by atoms with Gasteiger partial charge in [0.25, 0.3) is 0 Å². The number of carbonyl (C=O) groups excluding carboxylic acids is 2. The molecular formula is C21H25N5O3. The summed E-state index contributed by atoms with van der Waals surface area (Å²) < 4.78 is 5.22. The molecule has 1 aromatic heterocycles. The minimum atomic E-state index is -0.470. The van der Waals surface area contributed by atoms with Gasteiger partial charge in [0.1, 0.15) is 17.5 Å². The van der Waals surface area contributed by atoms with Crippen LogP contribution in [0.3, 0.4) is 0 Å². The first-order valence-electron chi connectivity index (χ1n) is 10.0. The van der Waals surface area contributed by atoms with E-state index in [2.05, 4.69) is 9.97 Å². The number of hydrogen-bond donors (Lipinski definition) is 1. The standard InChI is InChI=1S/C21H25N5O3/c1-2-29-21(28)26-13-15(14-8-4-3-5-9-14)18-19(22)23-16(24-20(18)26)12-17(27)25-10-6-7-11-25/h3-5,8-9,15H,2,6-7,10-13H2,1H3,(H2,22,23,24)/t15-/m0/s1. The Labute approximate surface area is 169 Å². The van der Waals surface area contributed by atoms with Gasteiger partial charge < -0.3 is 15.4 Å². The molecule has 2 aliphatic heterocycles. The Hall–Kier alpha value is -3.16. The average Bonchev–Trinajstić information content (AvgIpc) is 3.37. The highest BCUT2D eigenvalue weighted by atomic mass is 16.6. The molecule has 0 spiro atoms. The van der Waals surface area contributed by atoms with Gasteiger partial charge >= 0.3 is 6.09 Å². The number of likely N-dealkylation sites (tertiary alicyclic amines) is 1. The van der Waals surface area contributed by atoms with Crippen LogP contribution in [0.25, 0.3) is 0 Å². The first kappa shape index (κ1) is 19.2. The molecule has 8 heteroatoms. The highest BCUT2D eigenvalue weighted by Gasteiger charge is 2.38. The van der Waals surface area contributed by atoms with Crippen molar-refractivity contribution in [3.63, 3.8) is 0 Å². The van der Waals surface area contributed by atoms with Crippen LogP contribution >= 0.6 is 0 Å². The van der Waals surface area contributed by atoms with Gasteiger partial charge in [-0.1, -0.05) is 30.3 Å². The van der Waals surface area contributed by atoms with Crippen LogP contribution in [0.5, 0.6) is 0 Å². The van der Waals surface area contributed by atoms with E-state index in [1.54, 1.807) is 6.92 Å². The second kappa shape index (κ2) is 8.06. The minimum Gasteiger partial charge on any atom is -0.449 e. The summed E-state index contributed by atoms with van der Waals surface area (Å²) in [7, 11) is 0. The summed E-state index contributed by atoms with van der Waals surface area (Å²) in [4.78, 5) is 37.4. The Bertz CT molecular complexity index is 912. The first-order valence-corrected chi connectivity index (χ1v) is 10.0. The van der Waals surface area contributed by atoms with E-state index in [9.17, 15) is 9.59 Å². The number of aromatic nitrogens is 2. The van der Waals surface area contributed by atoms with E-state index in [1.807, 2.05) is 35.2 Å². The summed E-state index contributed by atoms with van der Waals surface area (Å²) >= 11 is 0. The molecule has 1 aromatic carbocycles. The highest BCUT2D eigenvalue weighted by Crippen LogP contribution is 2.42. The average molecular weight is 395 g/mol. The normalized spacial score (nSPS) is 18.0. The van der Waals surface area contributed by atoms with E-state index < -0.39 is 6.09 Å². The fourth-order valence-electron chi connectivity index (χ4n) is 4.03. The van der Waals surface area contributed by atoms with E-state index in [4.69, 9.17) is 10.5 Å². The molecule has 8 nitrogen and oxygen atoms in total. The van der Waals surface area contributed by atoms with Crippen molar-refractivity contribution in [2.75, 3.05) is 36.9 Å². The molecule has 2 aliphatic rings. The molecule has 1 fully saturated rings. The van der Waals surface area contributed by atoms with Crippen LogP contribution in [0.2, 0.25) is 0 Å². The second-order valence-corrected chi connectivity index (χ2v) is 7.30. The van der Waals surface area contributed by atoms with Gasteiger partial charge in [-0.2, -0.15) is 0 Å². The van der Waals surface area contributed by atoms with Crippen LogP contribution in [0.1, 0.15) is 42.6 Å². The summed E-state index contributed by atoms with van der Waals surface area (Å²) in [6.07, 6.45) is 1.65. The maximum absolute atomic E-state index is 12.6. The SMILES string of the molecule is CCOC(=O)N1C[C@@H](c2ccccc2)c2c(N)nc(CC(=O)N3CCCC3)nc21. The number of nitrogens with zero attached hydrogens (tertiary/aromatic N) is 4. The Balaban J connectivity index is 1.69. The molecule has 3 heterocycles. The van der Waals surface area contributed by atoms with Crippen molar-refractivity contribution in [2.24, 2.45) is 0 Å². The Morgan fingerprint density at radius 1 is 1.17 bits per heavy atom. The molecule has 0 unspecified atom stereocenters. The molecular weight excluding hydrogens is 370 g/mol. The fraction of sp³-hybridized carbons (Fsp3) is 0.429. The summed E-state index contributed by atoms with van der Waals surface area (Å²) in [6.45, 7) is 3.94. The third kappa shape index (κ3) is 3.74. The summed E-state index contributed by atoms with van der Waals surface area (Å²) in [6, 6.07) is 9.82. The molecule has 1 saturated heterocycles. The molecule has 152 valence electrons. The molecule has 0 aliphatic carbocycles. The Kier molecular flexibility index (Phi) is 5.33. The monoisotopic (exact) mass is 395 g/mol. The lowest BCUT2D eigenvalue weighted by Crippen LogP contribution is -2.32. The molecule has 29 heavy (non-hydrogen) atoms. The number of amides is 2. The largest absolute Gasteiger partial charge is 0.449 e. The van der Waals surface area contributed by atoms with Gasteiger partial charge in [-0.05, 0) is 25.3 Å². The van der Waals surface area contributed by atoms with Gasteiger partial charge in [-0.15, -0.1) is 0 Å². The van der Waals surface area contributed by atoms with E-state index in [1.165, 1.54) is 4.90 Å². The lowest BCUT2D eigenvalue weighted by Gasteiger charge is -2.17. The number of nitrogens with two attached hydrogens (primary N) is 1. The van der Waals surface area contributed by atoms with Crippen molar-refractivity contribution >= 4 is 23.6 Å². The molecule has 2 N–H and O–H groups in total.